The number of halogens is 1. The standard InChI is InChI=1S/C21H24BrN3O4S/c1-30-8-6-15-16-17(19(27)25(18(16)26)10-12-3-2-7-29-12)21(24-15)13-9-11(22)4-5-14(13)23-20(21)28/h4-5,9,12,15-17,24H,2-3,6-8,10H2,1H3,(H,23,28)/t12-,15+,16+,17-,21-/m1/s1. The van der Waals surface area contributed by atoms with E-state index in [-0.39, 0.29) is 36.4 Å². The highest BCUT2D eigenvalue weighted by Gasteiger charge is 2.70. The maximum absolute atomic E-state index is 13.6. The second kappa shape index (κ2) is 7.62. The van der Waals surface area contributed by atoms with E-state index in [0.717, 1.165) is 28.6 Å². The van der Waals surface area contributed by atoms with Crippen molar-refractivity contribution in [3.63, 3.8) is 0 Å². The number of imide groups is 1. The molecule has 4 aliphatic rings. The Hall–Kier alpha value is -1.42. The highest BCUT2D eigenvalue weighted by atomic mass is 79.9. The van der Waals surface area contributed by atoms with Crippen molar-refractivity contribution in [3.05, 3.63) is 28.2 Å². The van der Waals surface area contributed by atoms with Crippen LogP contribution in [0.25, 0.3) is 0 Å². The first-order chi connectivity index (χ1) is 14.5. The van der Waals surface area contributed by atoms with Gasteiger partial charge in [0.15, 0.2) is 0 Å². The minimum Gasteiger partial charge on any atom is -0.376 e. The average molecular weight is 494 g/mol. The molecular weight excluding hydrogens is 470 g/mol. The molecule has 2 N–H and O–H groups in total. The maximum Gasteiger partial charge on any atom is 0.250 e. The number of benzene rings is 1. The van der Waals surface area contributed by atoms with E-state index in [9.17, 15) is 14.4 Å². The van der Waals surface area contributed by atoms with Gasteiger partial charge < -0.3 is 10.1 Å². The molecule has 5 rings (SSSR count). The molecule has 4 heterocycles. The lowest BCUT2D eigenvalue weighted by Crippen LogP contribution is -2.53. The van der Waals surface area contributed by atoms with Crippen molar-refractivity contribution in [2.75, 3.05) is 30.5 Å². The van der Waals surface area contributed by atoms with Crippen LogP contribution in [0.15, 0.2) is 22.7 Å². The van der Waals surface area contributed by atoms with E-state index in [2.05, 4.69) is 26.6 Å². The Bertz CT molecular complexity index is 922. The van der Waals surface area contributed by atoms with E-state index >= 15 is 0 Å². The lowest BCUT2D eigenvalue weighted by molar-refractivity contribution is -0.144. The number of thioether (sulfide) groups is 1. The summed E-state index contributed by atoms with van der Waals surface area (Å²) in [5.74, 6) is -1.13. The van der Waals surface area contributed by atoms with Gasteiger partial charge in [0.05, 0.1) is 24.5 Å². The Labute approximate surface area is 187 Å². The summed E-state index contributed by atoms with van der Waals surface area (Å²) in [6.07, 6.45) is 4.42. The van der Waals surface area contributed by atoms with Gasteiger partial charge >= 0.3 is 0 Å². The summed E-state index contributed by atoms with van der Waals surface area (Å²) in [4.78, 5) is 41.8. The summed E-state index contributed by atoms with van der Waals surface area (Å²) < 4.78 is 6.51. The molecule has 4 aliphatic heterocycles. The third kappa shape index (κ3) is 2.89. The molecule has 0 aliphatic carbocycles. The van der Waals surface area contributed by atoms with E-state index in [1.54, 1.807) is 11.8 Å². The number of fused-ring (bicyclic) bond motifs is 4. The van der Waals surface area contributed by atoms with Crippen LogP contribution in [0.4, 0.5) is 5.69 Å². The molecule has 9 heteroatoms. The van der Waals surface area contributed by atoms with Gasteiger partial charge in [-0.2, -0.15) is 11.8 Å². The molecule has 0 saturated carbocycles. The molecule has 1 spiro atoms. The van der Waals surface area contributed by atoms with Crippen LogP contribution in [0, 0.1) is 11.8 Å². The lowest BCUT2D eigenvalue weighted by atomic mass is 9.76. The average Bonchev–Trinajstić information content (AvgIpc) is 3.46. The monoisotopic (exact) mass is 493 g/mol. The van der Waals surface area contributed by atoms with E-state index in [4.69, 9.17) is 4.74 Å². The first-order valence-corrected chi connectivity index (χ1v) is 12.5. The van der Waals surface area contributed by atoms with Crippen molar-refractivity contribution < 1.29 is 19.1 Å². The fraction of sp³-hybridized carbons (Fsp3) is 0.571. The molecule has 5 atom stereocenters. The smallest absolute Gasteiger partial charge is 0.250 e. The predicted octanol–water partition coefficient (Wildman–Crippen LogP) is 2.10. The van der Waals surface area contributed by atoms with Crippen LogP contribution in [-0.2, 0) is 24.7 Å². The van der Waals surface area contributed by atoms with E-state index in [1.165, 1.54) is 4.90 Å². The molecule has 1 aromatic rings. The molecule has 30 heavy (non-hydrogen) atoms. The molecule has 7 nitrogen and oxygen atoms in total. The Morgan fingerprint density at radius 2 is 2.13 bits per heavy atom. The molecule has 1 aromatic carbocycles. The van der Waals surface area contributed by atoms with Crippen LogP contribution < -0.4 is 10.6 Å². The van der Waals surface area contributed by atoms with Crippen molar-refractivity contribution in [2.45, 2.75) is 36.9 Å². The minimum absolute atomic E-state index is 0.107. The Kier molecular flexibility index (Phi) is 5.20. The molecule has 3 fully saturated rings. The van der Waals surface area contributed by atoms with Gasteiger partial charge in [-0.05, 0) is 49.5 Å². The summed E-state index contributed by atoms with van der Waals surface area (Å²) >= 11 is 5.19. The fourth-order valence-corrected chi connectivity index (χ4v) is 6.35. The van der Waals surface area contributed by atoms with Gasteiger partial charge in [-0.1, -0.05) is 15.9 Å². The van der Waals surface area contributed by atoms with E-state index in [1.807, 2.05) is 24.5 Å². The van der Waals surface area contributed by atoms with Crippen LogP contribution >= 0.6 is 27.7 Å². The number of likely N-dealkylation sites (tertiary alicyclic amines) is 1. The minimum atomic E-state index is -1.22. The Balaban J connectivity index is 1.57. The van der Waals surface area contributed by atoms with Crippen molar-refractivity contribution >= 4 is 51.1 Å². The highest BCUT2D eigenvalue weighted by Crippen LogP contribution is 2.53. The highest BCUT2D eigenvalue weighted by molar-refractivity contribution is 9.10. The number of nitrogens with one attached hydrogen (secondary N) is 2. The van der Waals surface area contributed by atoms with Crippen LogP contribution in [-0.4, -0.2) is 59.9 Å². The SMILES string of the molecule is CSCC[C@@H]1N[C@@]2(C(=O)Nc3ccc(Br)cc32)[C@H]2C(=O)N(C[C@H]3CCCO3)C(=O)[C@@H]12. The number of nitrogens with zero attached hydrogens (tertiary/aromatic N) is 1. The predicted molar refractivity (Wildman–Crippen MR) is 117 cm³/mol. The van der Waals surface area contributed by atoms with Gasteiger partial charge in [0, 0.05) is 28.4 Å². The number of ether oxygens (including phenoxy) is 1. The normalized spacial score (nSPS) is 34.7. The Morgan fingerprint density at radius 3 is 2.87 bits per heavy atom. The zero-order valence-electron chi connectivity index (χ0n) is 16.7. The molecule has 0 aromatic heterocycles. The molecule has 0 unspecified atom stereocenters. The molecule has 160 valence electrons. The quantitative estimate of drug-likeness (QED) is 0.610. The largest absolute Gasteiger partial charge is 0.376 e. The van der Waals surface area contributed by atoms with Crippen LogP contribution in [0.2, 0.25) is 0 Å². The first kappa shape index (κ1) is 20.5. The maximum atomic E-state index is 13.6. The number of rotatable bonds is 5. The van der Waals surface area contributed by atoms with Crippen molar-refractivity contribution in [1.29, 1.82) is 0 Å². The van der Waals surface area contributed by atoms with Crippen LogP contribution in [0.5, 0.6) is 0 Å². The van der Waals surface area contributed by atoms with Crippen LogP contribution in [0.3, 0.4) is 0 Å². The molecule has 3 saturated heterocycles. The molecule has 0 bridgehead atoms. The summed E-state index contributed by atoms with van der Waals surface area (Å²) in [5.41, 5.74) is 0.215. The topological polar surface area (TPSA) is 87.7 Å². The summed E-state index contributed by atoms with van der Waals surface area (Å²) in [5, 5.41) is 6.40. The van der Waals surface area contributed by atoms with Crippen molar-refractivity contribution in [2.24, 2.45) is 11.8 Å². The zero-order chi connectivity index (χ0) is 21.0. The van der Waals surface area contributed by atoms with Gasteiger partial charge in [-0.25, -0.2) is 0 Å². The van der Waals surface area contributed by atoms with Crippen LogP contribution in [0.1, 0.15) is 24.8 Å². The number of anilines is 1. The fourth-order valence-electron chi connectivity index (χ4n) is 5.50. The van der Waals surface area contributed by atoms with Gasteiger partial charge in [0.2, 0.25) is 17.7 Å². The van der Waals surface area contributed by atoms with E-state index in [0.29, 0.717) is 18.7 Å². The van der Waals surface area contributed by atoms with Gasteiger partial charge in [-0.15, -0.1) is 0 Å². The number of hydrogen-bond acceptors (Lipinski definition) is 6. The summed E-state index contributed by atoms with van der Waals surface area (Å²) in [6, 6.07) is 5.35. The lowest BCUT2D eigenvalue weighted by Gasteiger charge is -2.30. The number of carbonyl (C=O) groups excluding carboxylic acids is 3. The number of amides is 3. The van der Waals surface area contributed by atoms with Crippen molar-refractivity contribution in [3.8, 4) is 0 Å². The summed E-state index contributed by atoms with van der Waals surface area (Å²) in [7, 11) is 0. The Morgan fingerprint density at radius 1 is 1.30 bits per heavy atom. The summed E-state index contributed by atoms with van der Waals surface area (Å²) in [6.45, 7) is 0.947. The molecule has 3 amide bonds. The molecular formula is C21H24BrN3O4S. The van der Waals surface area contributed by atoms with E-state index < -0.39 is 17.4 Å². The van der Waals surface area contributed by atoms with Gasteiger partial charge in [0.25, 0.3) is 0 Å². The second-order valence-electron chi connectivity index (χ2n) is 8.41. The third-order valence-corrected chi connectivity index (χ3v) is 7.95. The van der Waals surface area contributed by atoms with Gasteiger partial charge in [0.1, 0.15) is 5.54 Å². The van der Waals surface area contributed by atoms with Crippen molar-refractivity contribution in [1.82, 2.24) is 10.2 Å². The second-order valence-corrected chi connectivity index (χ2v) is 10.3. The third-order valence-electron chi connectivity index (χ3n) is 6.81. The van der Waals surface area contributed by atoms with Gasteiger partial charge in [-0.3, -0.25) is 24.6 Å². The number of hydrogen-bond donors (Lipinski definition) is 2. The zero-order valence-corrected chi connectivity index (χ0v) is 19.1. The molecule has 0 radical (unpaired) electrons. The first-order valence-electron chi connectivity index (χ1n) is 10.3. The number of carbonyl (C=O) groups is 3.